The molecule has 0 unspecified atom stereocenters. The van der Waals surface area contributed by atoms with Gasteiger partial charge in [0.25, 0.3) is 5.91 Å². The molecule has 0 bridgehead atoms. The zero-order valence-electron chi connectivity index (χ0n) is 17.2. The summed E-state index contributed by atoms with van der Waals surface area (Å²) in [6, 6.07) is 19.9. The number of ether oxygens (including phenoxy) is 1. The number of benzene rings is 2. The van der Waals surface area contributed by atoms with Gasteiger partial charge in [0, 0.05) is 44.7 Å². The summed E-state index contributed by atoms with van der Waals surface area (Å²) in [5.41, 5.74) is 1.96. The first-order valence-corrected chi connectivity index (χ1v) is 11.2. The highest BCUT2D eigenvalue weighted by molar-refractivity contribution is 8.18. The van der Waals surface area contributed by atoms with Gasteiger partial charge in [-0.05, 0) is 29.5 Å². The highest BCUT2D eigenvalue weighted by atomic mass is 32.2. The highest BCUT2D eigenvalue weighted by Gasteiger charge is 2.28. The van der Waals surface area contributed by atoms with Crippen molar-refractivity contribution in [1.82, 2.24) is 9.80 Å². The van der Waals surface area contributed by atoms with Gasteiger partial charge in [0.2, 0.25) is 0 Å². The van der Waals surface area contributed by atoms with E-state index in [2.05, 4.69) is 20.9 Å². The number of piperazine rings is 1. The van der Waals surface area contributed by atoms with Gasteiger partial charge in [-0.1, -0.05) is 48.5 Å². The van der Waals surface area contributed by atoms with Crippen molar-refractivity contribution in [2.75, 3.05) is 32.7 Å². The van der Waals surface area contributed by atoms with E-state index < -0.39 is 0 Å². The zero-order chi connectivity index (χ0) is 21.5. The maximum Gasteiger partial charge on any atom is 0.286 e. The second-order valence-electron chi connectivity index (χ2n) is 7.36. The van der Waals surface area contributed by atoms with Crippen LogP contribution in [0.5, 0.6) is 5.75 Å². The van der Waals surface area contributed by atoms with E-state index in [1.54, 1.807) is 0 Å². The summed E-state index contributed by atoms with van der Waals surface area (Å²) in [5.74, 6) is 0.539. The highest BCUT2D eigenvalue weighted by Crippen LogP contribution is 2.32. The lowest BCUT2D eigenvalue weighted by atomic mass is 10.2. The van der Waals surface area contributed by atoms with Gasteiger partial charge in [-0.15, -0.1) is 0 Å². The van der Waals surface area contributed by atoms with E-state index in [1.165, 1.54) is 11.8 Å². The normalized spacial score (nSPS) is 18.2. The molecule has 0 saturated carbocycles. The topological polar surface area (TPSA) is 68.9 Å². The number of nitriles is 1. The van der Waals surface area contributed by atoms with Crippen LogP contribution < -0.4 is 4.74 Å². The molecule has 2 heterocycles. The fourth-order valence-corrected chi connectivity index (χ4v) is 4.47. The van der Waals surface area contributed by atoms with Crippen molar-refractivity contribution in [3.8, 4) is 11.8 Å². The number of hydrogen-bond donors (Lipinski definition) is 0. The van der Waals surface area contributed by atoms with Gasteiger partial charge in [-0.2, -0.15) is 10.3 Å². The second-order valence-corrected chi connectivity index (χ2v) is 8.37. The number of aliphatic imine (C=N–C) groups is 1. The third kappa shape index (κ3) is 5.54. The molecular weight excluding hydrogens is 408 g/mol. The number of rotatable bonds is 6. The summed E-state index contributed by atoms with van der Waals surface area (Å²) in [4.78, 5) is 21.9. The van der Waals surface area contributed by atoms with Crippen molar-refractivity contribution < 1.29 is 9.53 Å². The molecule has 0 aromatic heterocycles. The maximum absolute atomic E-state index is 12.5. The lowest BCUT2D eigenvalue weighted by Gasteiger charge is -2.34. The van der Waals surface area contributed by atoms with E-state index in [1.807, 2.05) is 60.7 Å². The molecule has 158 valence electrons. The number of amidine groups is 1. The first-order valence-electron chi connectivity index (χ1n) is 10.4. The molecule has 2 aromatic rings. The standard InChI is InChI=1S/C24H24N4O2S/c25-11-6-12-27-13-15-28(16-14-27)24-26-23(29)22(31-24)17-20-9-4-5-10-21(20)30-18-19-7-2-1-3-8-19/h1-5,7-10,17H,6,12-16,18H2/b22-17+. The predicted molar refractivity (Wildman–Crippen MR) is 123 cm³/mol. The Balaban J connectivity index is 1.39. The number of para-hydroxylation sites is 1. The van der Waals surface area contributed by atoms with Crippen LogP contribution in [-0.2, 0) is 11.4 Å². The molecule has 2 aliphatic rings. The molecule has 1 saturated heterocycles. The van der Waals surface area contributed by atoms with Gasteiger partial charge < -0.3 is 9.64 Å². The van der Waals surface area contributed by atoms with Gasteiger partial charge in [0.05, 0.1) is 11.0 Å². The molecule has 2 aromatic carbocycles. The van der Waals surface area contributed by atoms with Crippen molar-refractivity contribution in [3.63, 3.8) is 0 Å². The molecule has 0 atom stereocenters. The molecular formula is C24H24N4O2S. The first-order chi connectivity index (χ1) is 15.2. The summed E-state index contributed by atoms with van der Waals surface area (Å²) in [7, 11) is 0. The molecule has 6 nitrogen and oxygen atoms in total. The molecule has 1 fully saturated rings. The van der Waals surface area contributed by atoms with E-state index in [0.717, 1.165) is 54.8 Å². The van der Waals surface area contributed by atoms with Gasteiger partial charge in [-0.3, -0.25) is 9.69 Å². The van der Waals surface area contributed by atoms with Gasteiger partial charge in [-0.25, -0.2) is 0 Å². The van der Waals surface area contributed by atoms with E-state index in [9.17, 15) is 4.79 Å². The molecule has 0 aliphatic carbocycles. The monoisotopic (exact) mass is 432 g/mol. The Morgan fingerprint density at radius 2 is 1.81 bits per heavy atom. The SMILES string of the molecule is N#CCCN1CCN(C2=NC(=O)/C(=C\c3ccccc3OCc3ccccc3)S2)CC1. The third-order valence-electron chi connectivity index (χ3n) is 5.23. The van der Waals surface area contributed by atoms with Crippen molar-refractivity contribution in [3.05, 3.63) is 70.6 Å². The van der Waals surface area contributed by atoms with Gasteiger partial charge in [0.15, 0.2) is 5.17 Å². The van der Waals surface area contributed by atoms with Crippen molar-refractivity contribution in [1.29, 1.82) is 5.26 Å². The number of thioether (sulfide) groups is 1. The van der Waals surface area contributed by atoms with Crippen LogP contribution in [0.3, 0.4) is 0 Å². The molecule has 7 heteroatoms. The number of nitrogens with zero attached hydrogens (tertiary/aromatic N) is 4. The summed E-state index contributed by atoms with van der Waals surface area (Å²) >= 11 is 1.42. The van der Waals surface area contributed by atoms with Crippen molar-refractivity contribution in [2.24, 2.45) is 4.99 Å². The summed E-state index contributed by atoms with van der Waals surface area (Å²) < 4.78 is 6.01. The molecule has 1 amide bonds. The number of carbonyl (C=O) groups excluding carboxylic acids is 1. The summed E-state index contributed by atoms with van der Waals surface area (Å²) in [5, 5.41) is 9.51. The zero-order valence-corrected chi connectivity index (χ0v) is 18.1. The minimum absolute atomic E-state index is 0.204. The van der Waals surface area contributed by atoms with Gasteiger partial charge >= 0.3 is 0 Å². The van der Waals surface area contributed by atoms with E-state index in [-0.39, 0.29) is 5.91 Å². The molecule has 0 spiro atoms. The van der Waals surface area contributed by atoms with Crippen LogP contribution in [0.15, 0.2) is 64.5 Å². The summed E-state index contributed by atoms with van der Waals surface area (Å²) in [6.07, 6.45) is 2.42. The van der Waals surface area contributed by atoms with E-state index >= 15 is 0 Å². The molecule has 2 aliphatic heterocycles. The fourth-order valence-electron chi connectivity index (χ4n) is 3.51. The average Bonchev–Trinajstić information content (AvgIpc) is 3.18. The predicted octanol–water partition coefficient (Wildman–Crippen LogP) is 3.77. The lowest BCUT2D eigenvalue weighted by Crippen LogP contribution is -2.47. The fraction of sp³-hybridized carbons (Fsp3) is 0.292. The van der Waals surface area contributed by atoms with Crippen LogP contribution in [0.4, 0.5) is 0 Å². The van der Waals surface area contributed by atoms with E-state index in [4.69, 9.17) is 10.00 Å². The Hall–Kier alpha value is -3.08. The average molecular weight is 433 g/mol. The van der Waals surface area contributed by atoms with Crippen LogP contribution in [0.1, 0.15) is 17.5 Å². The van der Waals surface area contributed by atoms with Gasteiger partial charge in [0.1, 0.15) is 12.4 Å². The Labute approximate surface area is 186 Å². The Bertz CT molecular complexity index is 1020. The van der Waals surface area contributed by atoms with Crippen LogP contribution in [-0.4, -0.2) is 53.6 Å². The quantitative estimate of drug-likeness (QED) is 0.648. The van der Waals surface area contributed by atoms with Crippen LogP contribution >= 0.6 is 11.8 Å². The largest absolute Gasteiger partial charge is 0.488 e. The maximum atomic E-state index is 12.5. The minimum atomic E-state index is -0.204. The molecule has 0 radical (unpaired) electrons. The Kier molecular flexibility index (Phi) is 7.03. The lowest BCUT2D eigenvalue weighted by molar-refractivity contribution is -0.113. The number of amides is 1. The molecule has 0 N–H and O–H groups in total. The van der Waals surface area contributed by atoms with E-state index in [0.29, 0.717) is 17.9 Å². The van der Waals surface area contributed by atoms with Crippen molar-refractivity contribution >= 4 is 28.9 Å². The van der Waals surface area contributed by atoms with Crippen LogP contribution in [0, 0.1) is 11.3 Å². The van der Waals surface area contributed by atoms with Crippen LogP contribution in [0.25, 0.3) is 6.08 Å². The van der Waals surface area contributed by atoms with Crippen LogP contribution in [0.2, 0.25) is 0 Å². The minimum Gasteiger partial charge on any atom is -0.488 e. The Morgan fingerprint density at radius 3 is 2.58 bits per heavy atom. The molecule has 31 heavy (non-hydrogen) atoms. The number of hydrogen-bond acceptors (Lipinski definition) is 6. The first kappa shape index (κ1) is 21.2. The van der Waals surface area contributed by atoms with Crippen molar-refractivity contribution in [2.45, 2.75) is 13.0 Å². The second kappa shape index (κ2) is 10.3. The number of carbonyl (C=O) groups is 1. The third-order valence-corrected chi connectivity index (χ3v) is 6.28. The Morgan fingerprint density at radius 1 is 1.06 bits per heavy atom. The molecule has 4 rings (SSSR count). The smallest absolute Gasteiger partial charge is 0.286 e. The summed E-state index contributed by atoms with van der Waals surface area (Å²) in [6.45, 7) is 4.66.